The van der Waals surface area contributed by atoms with Gasteiger partial charge in [-0.2, -0.15) is 0 Å². The van der Waals surface area contributed by atoms with Crippen molar-refractivity contribution in [1.82, 2.24) is 9.97 Å². The Labute approximate surface area is 167 Å². The molecule has 3 heterocycles. The number of anilines is 1. The molecule has 0 fully saturated rings. The lowest BCUT2D eigenvalue weighted by molar-refractivity contribution is -0.118. The number of carbonyl (C=O) groups excluding carboxylic acids is 1. The number of benzene rings is 1. The fourth-order valence-corrected chi connectivity index (χ4v) is 5.40. The highest BCUT2D eigenvalue weighted by Crippen LogP contribution is 2.31. The Morgan fingerprint density at radius 1 is 1.23 bits per heavy atom. The van der Waals surface area contributed by atoms with Gasteiger partial charge in [-0.3, -0.25) is 9.69 Å². The summed E-state index contributed by atoms with van der Waals surface area (Å²) in [5.41, 5.74) is 1.61. The van der Waals surface area contributed by atoms with E-state index in [-0.39, 0.29) is 12.3 Å². The van der Waals surface area contributed by atoms with E-state index in [1.807, 2.05) is 48.0 Å². The van der Waals surface area contributed by atoms with Gasteiger partial charge in [0.05, 0.1) is 27.2 Å². The predicted octanol–water partition coefficient (Wildman–Crippen LogP) is 5.73. The molecule has 0 unspecified atom stereocenters. The minimum Gasteiger partial charge on any atom is -0.288 e. The van der Waals surface area contributed by atoms with Crippen LogP contribution in [-0.4, -0.2) is 22.4 Å². The normalized spacial score (nSPS) is 11.2. The molecule has 3 aromatic heterocycles. The van der Waals surface area contributed by atoms with Gasteiger partial charge in [-0.1, -0.05) is 29.0 Å². The van der Waals surface area contributed by atoms with Crippen molar-refractivity contribution in [1.29, 1.82) is 0 Å². The molecule has 0 bridgehead atoms. The molecule has 4 rings (SSSR count). The molecule has 0 saturated carbocycles. The van der Waals surface area contributed by atoms with Crippen LogP contribution in [0.5, 0.6) is 0 Å². The summed E-state index contributed by atoms with van der Waals surface area (Å²) in [4.78, 5) is 24.8. The average Bonchev–Trinajstić information content (AvgIpc) is 3.35. The lowest BCUT2D eigenvalue weighted by atomic mass is 10.3. The molecule has 26 heavy (non-hydrogen) atoms. The SMILES string of the molecule is CCN(C(=O)Cc1csc(-c2cccs2)n1)c1nc2cc(Cl)ccc2s1. The van der Waals surface area contributed by atoms with E-state index in [0.717, 1.165) is 25.8 Å². The van der Waals surface area contributed by atoms with E-state index in [0.29, 0.717) is 16.7 Å². The molecule has 0 aliphatic carbocycles. The van der Waals surface area contributed by atoms with Crippen LogP contribution >= 0.6 is 45.6 Å². The number of thiazole rings is 2. The Kier molecular flexibility index (Phi) is 5.04. The molecule has 4 nitrogen and oxygen atoms in total. The van der Waals surface area contributed by atoms with Crippen molar-refractivity contribution < 1.29 is 4.79 Å². The molecule has 8 heteroatoms. The second-order valence-electron chi connectivity index (χ2n) is 5.54. The number of aromatic nitrogens is 2. The van der Waals surface area contributed by atoms with Crippen molar-refractivity contribution in [2.75, 3.05) is 11.4 Å². The number of halogens is 1. The third-order valence-electron chi connectivity index (χ3n) is 3.80. The van der Waals surface area contributed by atoms with Crippen molar-refractivity contribution >= 4 is 66.9 Å². The van der Waals surface area contributed by atoms with Crippen LogP contribution in [0.3, 0.4) is 0 Å². The summed E-state index contributed by atoms with van der Waals surface area (Å²) in [5, 5.41) is 6.29. The number of nitrogens with zero attached hydrogens (tertiary/aromatic N) is 3. The van der Waals surface area contributed by atoms with Crippen molar-refractivity contribution in [3.8, 4) is 9.88 Å². The third-order valence-corrected chi connectivity index (χ3v) is 7.03. The maximum absolute atomic E-state index is 12.8. The van der Waals surface area contributed by atoms with Crippen LogP contribution in [0.2, 0.25) is 5.02 Å². The molecule has 0 atom stereocenters. The Hall–Kier alpha value is -1.80. The largest absolute Gasteiger partial charge is 0.288 e. The van der Waals surface area contributed by atoms with Gasteiger partial charge < -0.3 is 0 Å². The summed E-state index contributed by atoms with van der Waals surface area (Å²) in [6.07, 6.45) is 0.270. The molecular formula is C18H14ClN3OS3. The van der Waals surface area contributed by atoms with E-state index in [1.54, 1.807) is 27.6 Å². The van der Waals surface area contributed by atoms with E-state index in [2.05, 4.69) is 9.97 Å². The van der Waals surface area contributed by atoms with Gasteiger partial charge in [0.2, 0.25) is 5.91 Å². The topological polar surface area (TPSA) is 46.1 Å². The van der Waals surface area contributed by atoms with Gasteiger partial charge in [0.15, 0.2) is 5.13 Å². The summed E-state index contributed by atoms with van der Waals surface area (Å²) < 4.78 is 1.02. The van der Waals surface area contributed by atoms with Crippen molar-refractivity contribution in [2.45, 2.75) is 13.3 Å². The van der Waals surface area contributed by atoms with Crippen LogP contribution in [-0.2, 0) is 11.2 Å². The van der Waals surface area contributed by atoms with Crippen LogP contribution in [0.1, 0.15) is 12.6 Å². The molecule has 132 valence electrons. The van der Waals surface area contributed by atoms with Crippen LogP contribution in [0.15, 0.2) is 41.1 Å². The Balaban J connectivity index is 1.55. The standard InChI is InChI=1S/C18H14ClN3OS3/c1-2-22(18-21-13-8-11(19)5-6-14(13)26-18)16(23)9-12-10-25-17(20-12)15-4-3-7-24-15/h3-8,10H,2,9H2,1H3. The average molecular weight is 420 g/mol. The Morgan fingerprint density at radius 2 is 2.12 bits per heavy atom. The first-order valence-electron chi connectivity index (χ1n) is 7.99. The molecule has 0 aliphatic rings. The number of carbonyl (C=O) groups is 1. The first-order chi connectivity index (χ1) is 12.6. The number of hydrogen-bond acceptors (Lipinski definition) is 6. The molecule has 0 N–H and O–H groups in total. The zero-order valence-electron chi connectivity index (χ0n) is 13.8. The van der Waals surface area contributed by atoms with Crippen LogP contribution in [0.4, 0.5) is 5.13 Å². The van der Waals surface area contributed by atoms with Crippen LogP contribution < -0.4 is 4.90 Å². The van der Waals surface area contributed by atoms with Gasteiger partial charge >= 0.3 is 0 Å². The predicted molar refractivity (Wildman–Crippen MR) is 112 cm³/mol. The molecule has 1 aromatic carbocycles. The highest BCUT2D eigenvalue weighted by Gasteiger charge is 2.20. The van der Waals surface area contributed by atoms with Gasteiger partial charge in [-0.05, 0) is 36.6 Å². The highest BCUT2D eigenvalue weighted by molar-refractivity contribution is 7.22. The second-order valence-corrected chi connectivity index (χ2v) is 8.80. The number of likely N-dealkylation sites (N-methyl/N-ethyl adjacent to an activating group) is 1. The highest BCUT2D eigenvalue weighted by atomic mass is 35.5. The summed E-state index contributed by atoms with van der Waals surface area (Å²) in [7, 11) is 0. The number of fused-ring (bicyclic) bond motifs is 1. The number of hydrogen-bond donors (Lipinski definition) is 0. The van der Waals surface area contributed by atoms with Gasteiger partial charge in [-0.15, -0.1) is 22.7 Å². The van der Waals surface area contributed by atoms with Crippen molar-refractivity contribution in [3.63, 3.8) is 0 Å². The van der Waals surface area contributed by atoms with E-state index in [4.69, 9.17) is 11.6 Å². The molecule has 1 amide bonds. The number of amides is 1. The summed E-state index contributed by atoms with van der Waals surface area (Å²) in [5.74, 6) is 0.000632. The molecule has 0 aliphatic heterocycles. The lowest BCUT2D eigenvalue weighted by Gasteiger charge is -2.16. The monoisotopic (exact) mass is 419 g/mol. The molecule has 0 saturated heterocycles. The smallest absolute Gasteiger partial charge is 0.234 e. The maximum Gasteiger partial charge on any atom is 0.234 e. The fraction of sp³-hybridized carbons (Fsp3) is 0.167. The summed E-state index contributed by atoms with van der Waals surface area (Å²) in [6.45, 7) is 2.52. The van der Waals surface area contributed by atoms with Crippen molar-refractivity contribution in [3.05, 3.63) is 51.8 Å². The molecule has 0 spiro atoms. The maximum atomic E-state index is 12.8. The second kappa shape index (κ2) is 7.44. The third kappa shape index (κ3) is 3.53. The zero-order valence-corrected chi connectivity index (χ0v) is 17.0. The van der Waals surface area contributed by atoms with Crippen molar-refractivity contribution in [2.24, 2.45) is 0 Å². The van der Waals surface area contributed by atoms with Gasteiger partial charge in [0.1, 0.15) is 5.01 Å². The fourth-order valence-electron chi connectivity index (χ4n) is 2.57. The van der Waals surface area contributed by atoms with Crippen LogP contribution in [0.25, 0.3) is 20.1 Å². The molecule has 0 radical (unpaired) electrons. The Morgan fingerprint density at radius 3 is 2.88 bits per heavy atom. The van der Waals surface area contributed by atoms with Gasteiger partial charge in [-0.25, -0.2) is 9.97 Å². The number of rotatable bonds is 5. The Bertz CT molecular complexity index is 1050. The summed E-state index contributed by atoms with van der Waals surface area (Å²) >= 11 is 10.8. The first-order valence-corrected chi connectivity index (χ1v) is 10.9. The molecule has 4 aromatic rings. The summed E-state index contributed by atoms with van der Waals surface area (Å²) in [6, 6.07) is 9.64. The van der Waals surface area contributed by atoms with Gasteiger partial charge in [0, 0.05) is 16.9 Å². The minimum absolute atomic E-state index is 0.000632. The minimum atomic E-state index is 0.000632. The van der Waals surface area contributed by atoms with E-state index >= 15 is 0 Å². The van der Waals surface area contributed by atoms with Gasteiger partial charge in [0.25, 0.3) is 0 Å². The quantitative estimate of drug-likeness (QED) is 0.415. The van der Waals surface area contributed by atoms with E-state index in [1.165, 1.54) is 11.3 Å². The zero-order chi connectivity index (χ0) is 18.1. The first kappa shape index (κ1) is 17.6. The molecular weight excluding hydrogens is 406 g/mol. The van der Waals surface area contributed by atoms with Crippen LogP contribution in [0, 0.1) is 0 Å². The lowest BCUT2D eigenvalue weighted by Crippen LogP contribution is -2.31. The van der Waals surface area contributed by atoms with E-state index < -0.39 is 0 Å². The van der Waals surface area contributed by atoms with E-state index in [9.17, 15) is 4.79 Å². The number of thiophene rings is 1.